The van der Waals surface area contributed by atoms with E-state index in [4.69, 9.17) is 10.5 Å². The second-order valence-corrected chi connectivity index (χ2v) is 7.30. The Kier molecular flexibility index (Phi) is 3.18. The zero-order chi connectivity index (χ0) is 13.6. The van der Waals surface area contributed by atoms with Gasteiger partial charge < -0.3 is 10.5 Å². The summed E-state index contributed by atoms with van der Waals surface area (Å²) in [5.74, 6) is 1.02. The molecular formula is C16H25NO. The van der Waals surface area contributed by atoms with Gasteiger partial charge in [0, 0.05) is 17.0 Å². The molecule has 2 N–H and O–H groups in total. The molecule has 1 atom stereocenters. The molecule has 100 valence electrons. The molecule has 0 radical (unpaired) electrons. The SMILES string of the molecule is CC(C)(C)CC(N)c1ccc2c(c1)C(C)(C)CO2. The van der Waals surface area contributed by atoms with E-state index in [9.17, 15) is 0 Å². The molecule has 0 aromatic heterocycles. The van der Waals surface area contributed by atoms with Crippen LogP contribution in [0.25, 0.3) is 0 Å². The summed E-state index contributed by atoms with van der Waals surface area (Å²) in [4.78, 5) is 0. The van der Waals surface area contributed by atoms with Crippen LogP contribution < -0.4 is 10.5 Å². The van der Waals surface area contributed by atoms with Crippen LogP contribution in [0.5, 0.6) is 5.75 Å². The highest BCUT2D eigenvalue weighted by molar-refractivity contribution is 5.45. The second-order valence-electron chi connectivity index (χ2n) is 7.30. The summed E-state index contributed by atoms with van der Waals surface area (Å²) in [5, 5.41) is 0. The normalized spacial score (nSPS) is 19.2. The van der Waals surface area contributed by atoms with E-state index in [1.54, 1.807) is 0 Å². The van der Waals surface area contributed by atoms with Crippen LogP contribution in [-0.4, -0.2) is 6.61 Å². The first kappa shape index (κ1) is 13.4. The van der Waals surface area contributed by atoms with Crippen molar-refractivity contribution in [3.63, 3.8) is 0 Å². The fourth-order valence-electron chi connectivity index (χ4n) is 2.55. The lowest BCUT2D eigenvalue weighted by Crippen LogP contribution is -2.20. The predicted octanol–water partition coefficient (Wildman–Crippen LogP) is 3.79. The maximum Gasteiger partial charge on any atom is 0.123 e. The number of rotatable bonds is 2. The summed E-state index contributed by atoms with van der Waals surface area (Å²) in [6, 6.07) is 6.52. The molecule has 0 saturated carbocycles. The zero-order valence-corrected chi connectivity index (χ0v) is 12.2. The Morgan fingerprint density at radius 2 is 2.00 bits per heavy atom. The summed E-state index contributed by atoms with van der Waals surface area (Å²) < 4.78 is 5.71. The van der Waals surface area contributed by atoms with E-state index in [1.165, 1.54) is 11.1 Å². The van der Waals surface area contributed by atoms with Crippen molar-refractivity contribution in [1.82, 2.24) is 0 Å². The third kappa shape index (κ3) is 2.69. The van der Waals surface area contributed by atoms with Gasteiger partial charge in [-0.2, -0.15) is 0 Å². The largest absolute Gasteiger partial charge is 0.492 e. The van der Waals surface area contributed by atoms with Gasteiger partial charge in [0.2, 0.25) is 0 Å². The quantitative estimate of drug-likeness (QED) is 0.863. The molecule has 0 fully saturated rings. The van der Waals surface area contributed by atoms with Crippen LogP contribution >= 0.6 is 0 Å². The van der Waals surface area contributed by atoms with E-state index in [2.05, 4.69) is 52.8 Å². The van der Waals surface area contributed by atoms with Crippen LogP contribution in [0.1, 0.15) is 58.2 Å². The van der Waals surface area contributed by atoms with Gasteiger partial charge >= 0.3 is 0 Å². The smallest absolute Gasteiger partial charge is 0.123 e. The highest BCUT2D eigenvalue weighted by Crippen LogP contribution is 2.40. The molecule has 0 amide bonds. The van der Waals surface area contributed by atoms with Crippen molar-refractivity contribution in [3.05, 3.63) is 29.3 Å². The maximum absolute atomic E-state index is 6.32. The van der Waals surface area contributed by atoms with Gasteiger partial charge in [-0.05, 0) is 29.5 Å². The third-order valence-corrected chi connectivity index (χ3v) is 3.58. The molecule has 1 heterocycles. The Balaban J connectivity index is 2.27. The van der Waals surface area contributed by atoms with Crippen molar-refractivity contribution in [2.75, 3.05) is 6.61 Å². The Morgan fingerprint density at radius 3 is 2.61 bits per heavy atom. The molecule has 0 saturated heterocycles. The molecule has 1 aliphatic rings. The van der Waals surface area contributed by atoms with Crippen LogP contribution in [0.15, 0.2) is 18.2 Å². The first-order valence-corrected chi connectivity index (χ1v) is 6.72. The van der Waals surface area contributed by atoms with Gasteiger partial charge in [-0.1, -0.05) is 40.7 Å². The molecule has 2 rings (SSSR count). The number of hydrogen-bond donors (Lipinski definition) is 1. The average Bonchev–Trinajstić information content (AvgIpc) is 2.52. The molecule has 0 aliphatic carbocycles. The van der Waals surface area contributed by atoms with Crippen LogP contribution in [0.2, 0.25) is 0 Å². The molecule has 1 unspecified atom stereocenters. The molecule has 1 aliphatic heterocycles. The second kappa shape index (κ2) is 4.27. The molecule has 1 aromatic rings. The van der Waals surface area contributed by atoms with Crippen molar-refractivity contribution in [3.8, 4) is 5.75 Å². The summed E-state index contributed by atoms with van der Waals surface area (Å²) in [6.07, 6.45) is 0.993. The Morgan fingerprint density at radius 1 is 1.33 bits per heavy atom. The van der Waals surface area contributed by atoms with E-state index >= 15 is 0 Å². The monoisotopic (exact) mass is 247 g/mol. The topological polar surface area (TPSA) is 35.2 Å². The number of benzene rings is 1. The van der Waals surface area contributed by atoms with Crippen molar-refractivity contribution >= 4 is 0 Å². The van der Waals surface area contributed by atoms with Gasteiger partial charge in [0.15, 0.2) is 0 Å². The molecular weight excluding hydrogens is 222 g/mol. The van der Waals surface area contributed by atoms with E-state index in [-0.39, 0.29) is 16.9 Å². The summed E-state index contributed by atoms with van der Waals surface area (Å²) >= 11 is 0. The minimum absolute atomic E-state index is 0.103. The lowest BCUT2D eigenvalue weighted by molar-refractivity contribution is 0.291. The molecule has 2 heteroatoms. The molecule has 2 nitrogen and oxygen atoms in total. The Bertz CT molecular complexity index is 443. The van der Waals surface area contributed by atoms with Crippen molar-refractivity contribution in [1.29, 1.82) is 0 Å². The summed E-state index contributed by atoms with van der Waals surface area (Å²) in [6.45, 7) is 11.9. The van der Waals surface area contributed by atoms with E-state index < -0.39 is 0 Å². The van der Waals surface area contributed by atoms with Crippen molar-refractivity contribution < 1.29 is 4.74 Å². The molecule has 0 spiro atoms. The van der Waals surface area contributed by atoms with Crippen molar-refractivity contribution in [2.24, 2.45) is 11.1 Å². The van der Waals surface area contributed by atoms with Crippen LogP contribution in [0, 0.1) is 5.41 Å². The number of hydrogen-bond acceptors (Lipinski definition) is 2. The van der Waals surface area contributed by atoms with E-state index in [0.29, 0.717) is 0 Å². The van der Waals surface area contributed by atoms with E-state index in [1.807, 2.05) is 0 Å². The number of fused-ring (bicyclic) bond motifs is 1. The molecule has 18 heavy (non-hydrogen) atoms. The highest BCUT2D eigenvalue weighted by atomic mass is 16.5. The Hall–Kier alpha value is -1.02. The predicted molar refractivity (Wildman–Crippen MR) is 76.0 cm³/mol. The first-order valence-electron chi connectivity index (χ1n) is 6.72. The van der Waals surface area contributed by atoms with Crippen LogP contribution in [0.4, 0.5) is 0 Å². The van der Waals surface area contributed by atoms with Gasteiger partial charge in [-0.25, -0.2) is 0 Å². The minimum atomic E-state index is 0.103. The molecule has 0 bridgehead atoms. The maximum atomic E-state index is 6.32. The average molecular weight is 247 g/mol. The molecule has 1 aromatic carbocycles. The van der Waals surface area contributed by atoms with Crippen molar-refractivity contribution in [2.45, 2.75) is 52.5 Å². The first-order chi connectivity index (χ1) is 8.19. The van der Waals surface area contributed by atoms with Crippen LogP contribution in [-0.2, 0) is 5.41 Å². The third-order valence-electron chi connectivity index (χ3n) is 3.58. The number of ether oxygens (including phenoxy) is 1. The summed E-state index contributed by atoms with van der Waals surface area (Å²) in [5.41, 5.74) is 9.20. The highest BCUT2D eigenvalue weighted by Gasteiger charge is 2.32. The van der Waals surface area contributed by atoms with Gasteiger partial charge in [0.25, 0.3) is 0 Å². The number of nitrogens with two attached hydrogens (primary N) is 1. The Labute approximate surface area is 111 Å². The van der Waals surface area contributed by atoms with Gasteiger partial charge in [0.05, 0.1) is 6.61 Å². The summed E-state index contributed by atoms with van der Waals surface area (Å²) in [7, 11) is 0. The van der Waals surface area contributed by atoms with E-state index in [0.717, 1.165) is 18.8 Å². The van der Waals surface area contributed by atoms with Crippen LogP contribution in [0.3, 0.4) is 0 Å². The lowest BCUT2D eigenvalue weighted by Gasteiger charge is -2.24. The van der Waals surface area contributed by atoms with Gasteiger partial charge in [0.1, 0.15) is 5.75 Å². The zero-order valence-electron chi connectivity index (χ0n) is 12.2. The van der Waals surface area contributed by atoms with Gasteiger partial charge in [-0.15, -0.1) is 0 Å². The van der Waals surface area contributed by atoms with Gasteiger partial charge in [-0.3, -0.25) is 0 Å². The lowest BCUT2D eigenvalue weighted by atomic mass is 9.82. The fraction of sp³-hybridized carbons (Fsp3) is 0.625. The minimum Gasteiger partial charge on any atom is -0.492 e. The standard InChI is InChI=1S/C16H25NO/c1-15(2,3)9-13(17)11-6-7-14-12(8-11)16(4,5)10-18-14/h6-8,13H,9-10,17H2,1-5H3. The fourth-order valence-corrected chi connectivity index (χ4v) is 2.55.